The Morgan fingerprint density at radius 1 is 0.667 bits per heavy atom. The van der Waals surface area contributed by atoms with Crippen LogP contribution < -0.4 is 21.3 Å². The van der Waals surface area contributed by atoms with Crippen LogP contribution in [0.1, 0.15) is 36.8 Å². The van der Waals surface area contributed by atoms with Crippen molar-refractivity contribution in [2.45, 2.75) is 38.0 Å². The normalized spacial score (nSPS) is 18.3. The minimum Gasteiger partial charge on any atom is -0.338 e. The molecule has 4 amide bonds. The molecule has 0 aromatic heterocycles. The van der Waals surface area contributed by atoms with Crippen molar-refractivity contribution >= 4 is 23.4 Å². The number of amides is 4. The molecular weight excluding hydrogens is 490 g/mol. The van der Waals surface area contributed by atoms with Crippen LogP contribution >= 0.6 is 0 Å². The topological polar surface area (TPSA) is 82.3 Å². The lowest BCUT2D eigenvalue weighted by Gasteiger charge is -2.29. The van der Waals surface area contributed by atoms with Crippen LogP contribution in [-0.2, 0) is 12.4 Å². The molecule has 6 nitrogen and oxygen atoms in total. The zero-order chi connectivity index (χ0) is 26.3. The monoisotopic (exact) mass is 516 g/mol. The molecule has 0 bridgehead atoms. The largest absolute Gasteiger partial charge is 0.416 e. The van der Waals surface area contributed by atoms with Crippen molar-refractivity contribution in [2.24, 2.45) is 11.8 Å². The molecule has 12 heteroatoms. The third-order valence-corrected chi connectivity index (χ3v) is 5.93. The molecule has 3 rings (SSSR count). The van der Waals surface area contributed by atoms with Crippen LogP contribution in [0.2, 0.25) is 0 Å². The van der Waals surface area contributed by atoms with Gasteiger partial charge in [0.05, 0.1) is 11.1 Å². The van der Waals surface area contributed by atoms with Crippen molar-refractivity contribution < 1.29 is 35.9 Å². The molecule has 4 N–H and O–H groups in total. The number of hydrogen-bond donors (Lipinski definition) is 4. The summed E-state index contributed by atoms with van der Waals surface area (Å²) >= 11 is 0. The smallest absolute Gasteiger partial charge is 0.338 e. The highest BCUT2D eigenvalue weighted by atomic mass is 19.4. The third kappa shape index (κ3) is 8.35. The van der Waals surface area contributed by atoms with Crippen molar-refractivity contribution in [2.75, 3.05) is 23.7 Å². The number of anilines is 2. The quantitative estimate of drug-likeness (QED) is 0.332. The van der Waals surface area contributed by atoms with Crippen LogP contribution in [0, 0.1) is 11.8 Å². The highest BCUT2D eigenvalue weighted by molar-refractivity contribution is 5.89. The second-order valence-electron chi connectivity index (χ2n) is 8.72. The zero-order valence-corrected chi connectivity index (χ0v) is 19.1. The Morgan fingerprint density at radius 2 is 1.03 bits per heavy atom. The summed E-state index contributed by atoms with van der Waals surface area (Å²) in [7, 11) is 0. The molecule has 2 atom stereocenters. The third-order valence-electron chi connectivity index (χ3n) is 5.93. The van der Waals surface area contributed by atoms with Crippen molar-refractivity contribution in [1.29, 1.82) is 0 Å². The summed E-state index contributed by atoms with van der Waals surface area (Å²) in [6.07, 6.45) is -5.48. The number of urea groups is 2. The van der Waals surface area contributed by atoms with Crippen LogP contribution in [-0.4, -0.2) is 25.2 Å². The molecule has 0 spiro atoms. The minimum atomic E-state index is -4.45. The van der Waals surface area contributed by atoms with Gasteiger partial charge in [-0.25, -0.2) is 9.59 Å². The van der Waals surface area contributed by atoms with E-state index in [9.17, 15) is 35.9 Å². The SMILES string of the molecule is O=C(NC[C@@H]1CCC[C@@H](CNC(=O)Nc2ccc(C(F)(F)F)cc2)C1)Nc1ccc(C(F)(F)F)cc1. The molecule has 1 fully saturated rings. The van der Waals surface area contributed by atoms with E-state index in [1.165, 1.54) is 24.3 Å². The highest BCUT2D eigenvalue weighted by Crippen LogP contribution is 2.31. The predicted octanol–water partition coefficient (Wildman–Crippen LogP) is 6.47. The Labute approximate surface area is 203 Å². The lowest BCUT2D eigenvalue weighted by molar-refractivity contribution is -0.138. The maximum Gasteiger partial charge on any atom is 0.416 e. The van der Waals surface area contributed by atoms with Crippen LogP contribution in [0.3, 0.4) is 0 Å². The minimum absolute atomic E-state index is 0.168. The van der Waals surface area contributed by atoms with E-state index in [1.807, 2.05) is 0 Å². The Bertz CT molecular complexity index is 941. The van der Waals surface area contributed by atoms with Gasteiger partial charge in [0.1, 0.15) is 0 Å². The molecule has 1 saturated carbocycles. The van der Waals surface area contributed by atoms with E-state index in [0.717, 1.165) is 49.9 Å². The second-order valence-corrected chi connectivity index (χ2v) is 8.72. The first-order valence-corrected chi connectivity index (χ1v) is 11.3. The lowest BCUT2D eigenvalue weighted by atomic mass is 9.81. The van der Waals surface area contributed by atoms with Gasteiger partial charge in [0.25, 0.3) is 0 Å². The summed E-state index contributed by atoms with van der Waals surface area (Å²) in [6, 6.07) is 7.24. The van der Waals surface area contributed by atoms with E-state index in [0.29, 0.717) is 13.1 Å². The number of carbonyl (C=O) groups excluding carboxylic acids is 2. The van der Waals surface area contributed by atoms with Gasteiger partial charge >= 0.3 is 24.4 Å². The Balaban J connectivity index is 1.38. The standard InChI is InChI=1S/C24H26F6N4O2/c25-23(26,27)17-4-8-19(9-5-17)33-21(35)31-13-15-2-1-3-16(12-15)14-32-22(36)34-20-10-6-18(7-11-20)24(28,29)30/h4-11,15-16H,1-3,12-14H2,(H2,31,33,35)(H2,32,34,36)/t15-,16-/m1/s1. The van der Waals surface area contributed by atoms with E-state index < -0.39 is 35.5 Å². The Kier molecular flexibility index (Phi) is 8.70. The number of nitrogens with one attached hydrogen (secondary N) is 4. The molecule has 1 aliphatic carbocycles. The first kappa shape index (κ1) is 27.2. The van der Waals surface area contributed by atoms with Gasteiger partial charge in [-0.15, -0.1) is 0 Å². The van der Waals surface area contributed by atoms with Crippen molar-refractivity contribution in [3.05, 3.63) is 59.7 Å². The molecule has 2 aromatic carbocycles. The van der Waals surface area contributed by atoms with Gasteiger partial charge in [-0.05, 0) is 79.6 Å². The van der Waals surface area contributed by atoms with E-state index >= 15 is 0 Å². The van der Waals surface area contributed by atoms with E-state index in [1.54, 1.807) is 0 Å². The van der Waals surface area contributed by atoms with Crippen molar-refractivity contribution in [3.63, 3.8) is 0 Å². The van der Waals surface area contributed by atoms with Gasteiger partial charge in [-0.3, -0.25) is 0 Å². The average molecular weight is 516 g/mol. The van der Waals surface area contributed by atoms with Gasteiger partial charge in [-0.1, -0.05) is 6.42 Å². The fourth-order valence-electron chi connectivity index (χ4n) is 4.08. The van der Waals surface area contributed by atoms with Crippen LogP contribution in [0.5, 0.6) is 0 Å². The number of hydrogen-bond acceptors (Lipinski definition) is 2. The van der Waals surface area contributed by atoms with Gasteiger partial charge in [-0.2, -0.15) is 26.3 Å². The first-order chi connectivity index (χ1) is 16.9. The first-order valence-electron chi connectivity index (χ1n) is 11.3. The summed E-state index contributed by atoms with van der Waals surface area (Å²) < 4.78 is 75.8. The molecule has 36 heavy (non-hydrogen) atoms. The maximum atomic E-state index is 12.6. The molecule has 1 aliphatic rings. The number of halogens is 6. The summed E-state index contributed by atoms with van der Waals surface area (Å²) in [5.41, 5.74) is -1.12. The number of carbonyl (C=O) groups is 2. The second kappa shape index (κ2) is 11.5. The molecule has 0 aliphatic heterocycles. The molecule has 0 radical (unpaired) electrons. The number of alkyl halides is 6. The molecule has 2 aromatic rings. The van der Waals surface area contributed by atoms with Crippen molar-refractivity contribution in [3.8, 4) is 0 Å². The summed E-state index contributed by atoms with van der Waals surface area (Å²) in [6.45, 7) is 0.751. The average Bonchev–Trinajstić information content (AvgIpc) is 2.81. The van der Waals surface area contributed by atoms with Crippen LogP contribution in [0.15, 0.2) is 48.5 Å². The summed E-state index contributed by atoms with van der Waals surface area (Å²) in [4.78, 5) is 24.2. The molecule has 0 saturated heterocycles. The van der Waals surface area contributed by atoms with Crippen LogP contribution in [0.4, 0.5) is 47.3 Å². The Morgan fingerprint density at radius 3 is 1.36 bits per heavy atom. The summed E-state index contributed by atoms with van der Waals surface area (Å²) in [5, 5.41) is 10.5. The van der Waals surface area contributed by atoms with Crippen molar-refractivity contribution in [1.82, 2.24) is 10.6 Å². The highest BCUT2D eigenvalue weighted by Gasteiger charge is 2.31. The van der Waals surface area contributed by atoms with Gasteiger partial charge in [0, 0.05) is 24.5 Å². The van der Waals surface area contributed by atoms with Gasteiger partial charge in [0.15, 0.2) is 0 Å². The number of rotatable bonds is 6. The fourth-order valence-corrected chi connectivity index (χ4v) is 4.08. The molecular formula is C24H26F6N4O2. The summed E-state index contributed by atoms with van der Waals surface area (Å²) in [5.74, 6) is 0.337. The molecule has 0 heterocycles. The maximum absolute atomic E-state index is 12.6. The van der Waals surface area contributed by atoms with Gasteiger partial charge in [0.2, 0.25) is 0 Å². The van der Waals surface area contributed by atoms with E-state index in [4.69, 9.17) is 0 Å². The van der Waals surface area contributed by atoms with E-state index in [2.05, 4.69) is 21.3 Å². The van der Waals surface area contributed by atoms with Crippen LogP contribution in [0.25, 0.3) is 0 Å². The lowest BCUT2D eigenvalue weighted by Crippen LogP contribution is -2.38. The molecule has 0 unspecified atom stereocenters. The zero-order valence-electron chi connectivity index (χ0n) is 19.1. The molecule has 196 valence electrons. The van der Waals surface area contributed by atoms with E-state index in [-0.39, 0.29) is 23.2 Å². The Hall–Kier alpha value is -3.44. The predicted molar refractivity (Wildman–Crippen MR) is 122 cm³/mol. The number of benzene rings is 2. The van der Waals surface area contributed by atoms with Gasteiger partial charge < -0.3 is 21.3 Å². The fraction of sp³-hybridized carbons (Fsp3) is 0.417.